The van der Waals surface area contributed by atoms with Crippen LogP contribution in [0.1, 0.15) is 10.4 Å². The number of anilines is 2. The number of rotatable bonds is 4. The van der Waals surface area contributed by atoms with E-state index in [9.17, 15) is 9.59 Å². The highest BCUT2D eigenvalue weighted by Gasteiger charge is 2.19. The van der Waals surface area contributed by atoms with E-state index in [1.165, 1.54) is 12.4 Å². The van der Waals surface area contributed by atoms with Crippen LogP contribution in [0.2, 0.25) is 0 Å². The molecule has 1 fully saturated rings. The van der Waals surface area contributed by atoms with Crippen LogP contribution in [0.25, 0.3) is 0 Å². The minimum Gasteiger partial charge on any atom is -0.454 e. The first-order valence-corrected chi connectivity index (χ1v) is 8.20. The smallest absolute Gasteiger partial charge is 0.258 e. The Morgan fingerprint density at radius 1 is 1.08 bits per heavy atom. The van der Waals surface area contributed by atoms with Crippen LogP contribution in [0.4, 0.5) is 11.6 Å². The average Bonchev–Trinajstić information content (AvgIpc) is 3.16. The number of benzene rings is 1. The quantitative estimate of drug-likeness (QED) is 0.808. The van der Waals surface area contributed by atoms with Crippen molar-refractivity contribution >= 4 is 24.0 Å². The van der Waals surface area contributed by atoms with Gasteiger partial charge < -0.3 is 24.6 Å². The van der Waals surface area contributed by atoms with Crippen LogP contribution < -0.4 is 19.7 Å². The Labute approximate surface area is 149 Å². The van der Waals surface area contributed by atoms with Gasteiger partial charge in [0.15, 0.2) is 11.5 Å². The topological polar surface area (TPSA) is 96.9 Å². The molecule has 2 amide bonds. The first-order valence-electron chi connectivity index (χ1n) is 8.20. The molecule has 4 rings (SSSR count). The highest BCUT2D eigenvalue weighted by molar-refractivity contribution is 6.04. The van der Waals surface area contributed by atoms with Gasteiger partial charge in [0.25, 0.3) is 5.91 Å². The van der Waals surface area contributed by atoms with Gasteiger partial charge in [0.05, 0.1) is 5.56 Å². The molecule has 1 aromatic carbocycles. The lowest BCUT2D eigenvalue weighted by Gasteiger charge is -2.32. The second-order valence-corrected chi connectivity index (χ2v) is 5.92. The number of amides is 2. The fourth-order valence-electron chi connectivity index (χ4n) is 2.81. The van der Waals surface area contributed by atoms with Gasteiger partial charge in [0.2, 0.25) is 19.2 Å². The summed E-state index contributed by atoms with van der Waals surface area (Å²) >= 11 is 0. The van der Waals surface area contributed by atoms with E-state index in [1.807, 2.05) is 4.90 Å². The molecule has 1 aromatic heterocycles. The number of carbonyl (C=O) groups excluding carboxylic acids is 2. The van der Waals surface area contributed by atoms with Gasteiger partial charge in [-0.2, -0.15) is 0 Å². The fourth-order valence-corrected chi connectivity index (χ4v) is 2.81. The highest BCUT2D eigenvalue weighted by Crippen LogP contribution is 2.34. The van der Waals surface area contributed by atoms with Crippen molar-refractivity contribution in [3.8, 4) is 11.5 Å². The number of hydrogen-bond donors (Lipinski definition) is 1. The maximum absolute atomic E-state index is 12.4. The Hall–Kier alpha value is -3.36. The molecule has 26 heavy (non-hydrogen) atoms. The van der Waals surface area contributed by atoms with Crippen molar-refractivity contribution in [2.45, 2.75) is 0 Å². The van der Waals surface area contributed by atoms with Crippen molar-refractivity contribution in [3.05, 3.63) is 36.2 Å². The Kier molecular flexibility index (Phi) is 4.26. The predicted octanol–water partition coefficient (Wildman–Crippen LogP) is 0.736. The Morgan fingerprint density at radius 3 is 2.54 bits per heavy atom. The number of nitrogens with zero attached hydrogens (tertiary/aromatic N) is 4. The van der Waals surface area contributed by atoms with Gasteiger partial charge in [0, 0.05) is 50.3 Å². The van der Waals surface area contributed by atoms with Crippen molar-refractivity contribution in [3.63, 3.8) is 0 Å². The van der Waals surface area contributed by atoms with E-state index in [-0.39, 0.29) is 12.7 Å². The minimum absolute atomic E-state index is 0.184. The van der Waals surface area contributed by atoms with Crippen LogP contribution in [-0.4, -0.2) is 60.2 Å². The van der Waals surface area contributed by atoms with Gasteiger partial charge in [-0.3, -0.25) is 9.59 Å². The number of piperazine rings is 1. The molecule has 0 aliphatic carbocycles. The van der Waals surface area contributed by atoms with E-state index < -0.39 is 0 Å². The molecular weight excluding hydrogens is 338 g/mol. The summed E-state index contributed by atoms with van der Waals surface area (Å²) in [5.74, 6) is 1.51. The van der Waals surface area contributed by atoms with Crippen molar-refractivity contribution in [2.24, 2.45) is 0 Å². The molecule has 2 aliphatic heterocycles. The highest BCUT2D eigenvalue weighted by atomic mass is 16.7. The van der Waals surface area contributed by atoms with E-state index in [2.05, 4.69) is 15.3 Å². The van der Waals surface area contributed by atoms with E-state index >= 15 is 0 Å². The molecule has 134 valence electrons. The number of ether oxygens (including phenoxy) is 2. The number of hydrogen-bond acceptors (Lipinski definition) is 7. The predicted molar refractivity (Wildman–Crippen MR) is 92.4 cm³/mol. The van der Waals surface area contributed by atoms with E-state index in [1.54, 1.807) is 23.1 Å². The molecular formula is C17H17N5O4. The normalized spacial score (nSPS) is 15.7. The van der Waals surface area contributed by atoms with E-state index in [0.717, 1.165) is 6.41 Å². The first-order chi connectivity index (χ1) is 12.7. The molecule has 0 atom stereocenters. The molecule has 0 bridgehead atoms. The molecule has 1 N–H and O–H groups in total. The lowest BCUT2D eigenvalue weighted by Crippen LogP contribution is -2.46. The zero-order valence-corrected chi connectivity index (χ0v) is 13.9. The van der Waals surface area contributed by atoms with Gasteiger partial charge >= 0.3 is 0 Å². The standard InChI is InChI=1S/C17H17N5O4/c23-10-21-3-5-22(6-4-21)17-18-8-12(9-19-17)16(24)20-13-1-2-14-15(7-13)26-11-25-14/h1-2,7-10H,3-6,11H2,(H,20,24). The largest absolute Gasteiger partial charge is 0.454 e. The van der Waals surface area contributed by atoms with Gasteiger partial charge in [-0.15, -0.1) is 0 Å². The third kappa shape index (κ3) is 3.23. The minimum atomic E-state index is -0.304. The molecule has 9 nitrogen and oxygen atoms in total. The number of carbonyl (C=O) groups is 2. The van der Waals surface area contributed by atoms with E-state index in [4.69, 9.17) is 9.47 Å². The summed E-state index contributed by atoms with van der Waals surface area (Å²) in [6, 6.07) is 5.20. The van der Waals surface area contributed by atoms with Crippen LogP contribution in [0, 0.1) is 0 Å². The van der Waals surface area contributed by atoms with Gasteiger partial charge in [-0.1, -0.05) is 0 Å². The molecule has 0 spiro atoms. The zero-order chi connectivity index (χ0) is 17.9. The average molecular weight is 355 g/mol. The first kappa shape index (κ1) is 16.1. The van der Waals surface area contributed by atoms with Crippen LogP contribution in [0.3, 0.4) is 0 Å². The second-order valence-electron chi connectivity index (χ2n) is 5.92. The Balaban J connectivity index is 1.40. The molecule has 0 radical (unpaired) electrons. The molecule has 0 saturated carbocycles. The van der Waals surface area contributed by atoms with Crippen molar-refractivity contribution in [1.82, 2.24) is 14.9 Å². The molecule has 2 aromatic rings. The summed E-state index contributed by atoms with van der Waals surface area (Å²) in [6.45, 7) is 2.80. The summed E-state index contributed by atoms with van der Waals surface area (Å²) in [4.78, 5) is 35.4. The number of fused-ring (bicyclic) bond motifs is 1. The SMILES string of the molecule is O=CN1CCN(c2ncc(C(=O)Nc3ccc4c(c3)OCO4)cn2)CC1. The zero-order valence-electron chi connectivity index (χ0n) is 13.9. The summed E-state index contributed by atoms with van der Waals surface area (Å²) in [5.41, 5.74) is 0.964. The second kappa shape index (κ2) is 6.87. The van der Waals surface area contributed by atoms with Crippen molar-refractivity contribution in [2.75, 3.05) is 43.2 Å². The maximum Gasteiger partial charge on any atom is 0.258 e. The Bertz CT molecular complexity index is 818. The van der Waals surface area contributed by atoms with Crippen molar-refractivity contribution < 1.29 is 19.1 Å². The van der Waals surface area contributed by atoms with Crippen molar-refractivity contribution in [1.29, 1.82) is 0 Å². The summed E-state index contributed by atoms with van der Waals surface area (Å²) in [6.07, 6.45) is 3.84. The molecule has 9 heteroatoms. The summed E-state index contributed by atoms with van der Waals surface area (Å²) in [5, 5.41) is 2.79. The van der Waals surface area contributed by atoms with Crippen LogP contribution in [-0.2, 0) is 4.79 Å². The van der Waals surface area contributed by atoms with Gasteiger partial charge in [-0.25, -0.2) is 9.97 Å². The lowest BCUT2D eigenvalue weighted by molar-refractivity contribution is -0.118. The molecule has 0 unspecified atom stereocenters. The van der Waals surface area contributed by atoms with Crippen LogP contribution in [0.15, 0.2) is 30.6 Å². The summed E-state index contributed by atoms with van der Waals surface area (Å²) in [7, 11) is 0. The molecule has 2 aliphatic rings. The van der Waals surface area contributed by atoms with Crippen LogP contribution in [0.5, 0.6) is 11.5 Å². The molecule has 3 heterocycles. The lowest BCUT2D eigenvalue weighted by atomic mass is 10.2. The van der Waals surface area contributed by atoms with E-state index in [0.29, 0.717) is 54.9 Å². The molecule has 1 saturated heterocycles. The third-order valence-electron chi connectivity index (χ3n) is 4.28. The van der Waals surface area contributed by atoms with Gasteiger partial charge in [0.1, 0.15) is 0 Å². The number of nitrogens with one attached hydrogen (secondary N) is 1. The maximum atomic E-state index is 12.4. The Morgan fingerprint density at radius 2 is 1.81 bits per heavy atom. The van der Waals surface area contributed by atoms with Gasteiger partial charge in [-0.05, 0) is 12.1 Å². The third-order valence-corrected chi connectivity index (χ3v) is 4.28. The van der Waals surface area contributed by atoms with Crippen LogP contribution >= 0.6 is 0 Å². The number of aromatic nitrogens is 2. The fraction of sp³-hybridized carbons (Fsp3) is 0.294. The summed E-state index contributed by atoms with van der Waals surface area (Å²) < 4.78 is 10.5. The monoisotopic (exact) mass is 355 g/mol.